The molecule has 5 heteroatoms. The molecule has 1 atom stereocenters. The molecule has 0 radical (unpaired) electrons. The maximum absolute atomic E-state index is 12.8. The smallest absolute Gasteiger partial charge is 0.233 e. The lowest BCUT2D eigenvalue weighted by Gasteiger charge is -2.32. The standard InChI is InChI=1S/C23H23N3O2/c27-23(16-18-10-12-20(13-11-18)19-6-2-1-3-7-19)26-15-5-8-21(17-26)28-22-9-4-14-24-25-22/h1-4,6-7,9-14,21H,5,8,15-17H2. The third-order valence-electron chi connectivity index (χ3n) is 4.98. The van der Waals surface area contributed by atoms with Crippen LogP contribution in [0.5, 0.6) is 5.88 Å². The van der Waals surface area contributed by atoms with Gasteiger partial charge in [-0.3, -0.25) is 4.79 Å². The average Bonchev–Trinajstić information content (AvgIpc) is 2.76. The van der Waals surface area contributed by atoms with Gasteiger partial charge in [-0.15, -0.1) is 5.10 Å². The Hall–Kier alpha value is -3.21. The second-order valence-electron chi connectivity index (χ2n) is 7.02. The second kappa shape index (κ2) is 8.65. The van der Waals surface area contributed by atoms with Crippen LogP contribution < -0.4 is 4.74 Å². The van der Waals surface area contributed by atoms with E-state index in [0.717, 1.165) is 30.5 Å². The average molecular weight is 373 g/mol. The summed E-state index contributed by atoms with van der Waals surface area (Å²) in [5.41, 5.74) is 3.37. The Morgan fingerprint density at radius 2 is 1.79 bits per heavy atom. The van der Waals surface area contributed by atoms with Crippen LogP contribution in [-0.4, -0.2) is 40.2 Å². The third kappa shape index (κ3) is 4.55. The lowest BCUT2D eigenvalue weighted by Crippen LogP contribution is -2.45. The molecule has 1 aliphatic rings. The van der Waals surface area contributed by atoms with Crippen molar-refractivity contribution in [1.29, 1.82) is 0 Å². The summed E-state index contributed by atoms with van der Waals surface area (Å²) in [4.78, 5) is 14.7. The van der Waals surface area contributed by atoms with Crippen LogP contribution in [0.1, 0.15) is 18.4 Å². The zero-order chi connectivity index (χ0) is 19.2. The molecule has 1 aromatic heterocycles. The molecule has 3 aromatic rings. The molecule has 4 rings (SSSR count). The Morgan fingerprint density at radius 3 is 2.54 bits per heavy atom. The number of hydrogen-bond acceptors (Lipinski definition) is 4. The van der Waals surface area contributed by atoms with E-state index in [1.807, 2.05) is 35.2 Å². The molecule has 142 valence electrons. The molecule has 1 amide bonds. The number of piperidine rings is 1. The van der Waals surface area contributed by atoms with Crippen LogP contribution in [0.4, 0.5) is 0 Å². The molecule has 0 N–H and O–H groups in total. The van der Waals surface area contributed by atoms with Gasteiger partial charge < -0.3 is 9.64 Å². The van der Waals surface area contributed by atoms with E-state index >= 15 is 0 Å². The SMILES string of the molecule is O=C(Cc1ccc(-c2ccccc2)cc1)N1CCCC(Oc2cccnn2)C1. The van der Waals surface area contributed by atoms with Crippen molar-refractivity contribution in [3.8, 4) is 17.0 Å². The van der Waals surface area contributed by atoms with Crippen LogP contribution in [0, 0.1) is 0 Å². The fourth-order valence-corrected chi connectivity index (χ4v) is 3.51. The predicted molar refractivity (Wildman–Crippen MR) is 108 cm³/mol. The Bertz CT molecular complexity index is 898. The maximum atomic E-state index is 12.8. The lowest BCUT2D eigenvalue weighted by molar-refractivity contribution is -0.133. The minimum atomic E-state index is -0.0325. The normalized spacial score (nSPS) is 16.6. The lowest BCUT2D eigenvalue weighted by atomic mass is 10.0. The molecule has 0 bridgehead atoms. The summed E-state index contributed by atoms with van der Waals surface area (Å²) < 4.78 is 5.88. The van der Waals surface area contributed by atoms with Crippen molar-refractivity contribution < 1.29 is 9.53 Å². The van der Waals surface area contributed by atoms with Crippen molar-refractivity contribution in [3.05, 3.63) is 78.5 Å². The first-order valence-corrected chi connectivity index (χ1v) is 9.64. The highest BCUT2D eigenvalue weighted by Crippen LogP contribution is 2.21. The second-order valence-corrected chi connectivity index (χ2v) is 7.02. The largest absolute Gasteiger partial charge is 0.471 e. The summed E-state index contributed by atoms with van der Waals surface area (Å²) >= 11 is 0. The van der Waals surface area contributed by atoms with Crippen LogP contribution in [0.3, 0.4) is 0 Å². The van der Waals surface area contributed by atoms with E-state index in [4.69, 9.17) is 4.74 Å². The molecule has 2 aromatic carbocycles. The van der Waals surface area contributed by atoms with Gasteiger partial charge in [-0.05, 0) is 35.6 Å². The highest BCUT2D eigenvalue weighted by atomic mass is 16.5. The molecular formula is C23H23N3O2. The number of benzene rings is 2. The number of carbonyl (C=O) groups excluding carboxylic acids is 1. The van der Waals surface area contributed by atoms with E-state index in [9.17, 15) is 4.79 Å². The van der Waals surface area contributed by atoms with E-state index in [2.05, 4.69) is 34.5 Å². The van der Waals surface area contributed by atoms with Crippen LogP contribution >= 0.6 is 0 Å². The minimum absolute atomic E-state index is 0.0325. The number of aromatic nitrogens is 2. The van der Waals surface area contributed by atoms with Crippen molar-refractivity contribution >= 4 is 5.91 Å². The van der Waals surface area contributed by atoms with Crippen molar-refractivity contribution in [1.82, 2.24) is 15.1 Å². The number of carbonyl (C=O) groups is 1. The van der Waals surface area contributed by atoms with E-state index < -0.39 is 0 Å². The van der Waals surface area contributed by atoms with E-state index in [-0.39, 0.29) is 12.0 Å². The van der Waals surface area contributed by atoms with Crippen molar-refractivity contribution in [2.75, 3.05) is 13.1 Å². The molecule has 0 saturated carbocycles. The molecular weight excluding hydrogens is 350 g/mol. The Balaban J connectivity index is 1.35. The van der Waals surface area contributed by atoms with E-state index in [1.165, 1.54) is 5.56 Å². The van der Waals surface area contributed by atoms with Crippen LogP contribution in [-0.2, 0) is 11.2 Å². The molecule has 0 spiro atoms. The molecule has 1 saturated heterocycles. The van der Waals surface area contributed by atoms with Crippen molar-refractivity contribution in [2.45, 2.75) is 25.4 Å². The number of nitrogens with zero attached hydrogens (tertiary/aromatic N) is 3. The fraction of sp³-hybridized carbons (Fsp3) is 0.261. The van der Waals surface area contributed by atoms with Gasteiger partial charge in [-0.1, -0.05) is 54.6 Å². The van der Waals surface area contributed by atoms with Crippen LogP contribution in [0.25, 0.3) is 11.1 Å². The van der Waals surface area contributed by atoms with Crippen molar-refractivity contribution in [3.63, 3.8) is 0 Å². The van der Waals surface area contributed by atoms with E-state index in [0.29, 0.717) is 18.8 Å². The topological polar surface area (TPSA) is 55.3 Å². The first-order valence-electron chi connectivity index (χ1n) is 9.64. The van der Waals surface area contributed by atoms with Gasteiger partial charge in [0.1, 0.15) is 6.10 Å². The first-order chi connectivity index (χ1) is 13.8. The number of ether oxygens (including phenoxy) is 1. The number of rotatable bonds is 5. The van der Waals surface area contributed by atoms with Gasteiger partial charge in [0.15, 0.2) is 0 Å². The monoisotopic (exact) mass is 373 g/mol. The van der Waals surface area contributed by atoms with Crippen LogP contribution in [0.15, 0.2) is 72.9 Å². The molecule has 5 nitrogen and oxygen atoms in total. The van der Waals surface area contributed by atoms with Gasteiger partial charge in [0.25, 0.3) is 0 Å². The molecule has 0 aliphatic carbocycles. The molecule has 1 aliphatic heterocycles. The summed E-state index contributed by atoms with van der Waals surface area (Å²) in [6.45, 7) is 1.37. The van der Waals surface area contributed by atoms with Crippen molar-refractivity contribution in [2.24, 2.45) is 0 Å². The van der Waals surface area contributed by atoms with Gasteiger partial charge in [0.05, 0.1) is 13.0 Å². The highest BCUT2D eigenvalue weighted by molar-refractivity contribution is 5.79. The summed E-state index contributed by atoms with van der Waals surface area (Å²) in [6.07, 6.45) is 3.85. The van der Waals surface area contributed by atoms with Gasteiger partial charge in [-0.2, -0.15) is 5.10 Å². The Labute approximate surface area is 165 Å². The minimum Gasteiger partial charge on any atom is -0.471 e. The zero-order valence-electron chi connectivity index (χ0n) is 15.7. The number of amides is 1. The Morgan fingerprint density at radius 1 is 1.00 bits per heavy atom. The Kier molecular flexibility index (Phi) is 5.61. The van der Waals surface area contributed by atoms with Gasteiger partial charge in [0.2, 0.25) is 11.8 Å². The third-order valence-corrected chi connectivity index (χ3v) is 4.98. The van der Waals surface area contributed by atoms with Gasteiger partial charge in [-0.25, -0.2) is 0 Å². The molecule has 28 heavy (non-hydrogen) atoms. The predicted octanol–water partition coefficient (Wildman–Crippen LogP) is 3.76. The van der Waals surface area contributed by atoms with Gasteiger partial charge >= 0.3 is 0 Å². The van der Waals surface area contributed by atoms with Crippen LogP contribution in [0.2, 0.25) is 0 Å². The number of hydrogen-bond donors (Lipinski definition) is 0. The molecule has 1 fully saturated rings. The van der Waals surface area contributed by atoms with E-state index in [1.54, 1.807) is 18.3 Å². The summed E-state index contributed by atoms with van der Waals surface area (Å²) in [7, 11) is 0. The fourth-order valence-electron chi connectivity index (χ4n) is 3.51. The molecule has 1 unspecified atom stereocenters. The maximum Gasteiger partial charge on any atom is 0.233 e. The first kappa shape index (κ1) is 18.2. The molecule has 2 heterocycles. The number of likely N-dealkylation sites (tertiary alicyclic amines) is 1. The zero-order valence-corrected chi connectivity index (χ0v) is 15.7. The van der Waals surface area contributed by atoms with Gasteiger partial charge in [0, 0.05) is 18.8 Å². The summed E-state index contributed by atoms with van der Waals surface area (Å²) in [5.74, 6) is 0.651. The summed E-state index contributed by atoms with van der Waals surface area (Å²) in [5, 5.41) is 7.80. The highest BCUT2D eigenvalue weighted by Gasteiger charge is 2.25. The summed E-state index contributed by atoms with van der Waals surface area (Å²) in [6, 6.07) is 22.1. The quantitative estimate of drug-likeness (QED) is 0.683.